The van der Waals surface area contributed by atoms with Crippen LogP contribution in [0.25, 0.3) is 0 Å². The van der Waals surface area contributed by atoms with E-state index in [0.717, 1.165) is 24.8 Å². The molecule has 1 aliphatic carbocycles. The number of hydrogen-bond donors (Lipinski definition) is 1. The predicted molar refractivity (Wildman–Crippen MR) is 80.8 cm³/mol. The van der Waals surface area contributed by atoms with E-state index in [1.165, 1.54) is 25.7 Å². The first kappa shape index (κ1) is 14.0. The lowest BCUT2D eigenvalue weighted by Crippen LogP contribution is -2.32. The fourth-order valence-corrected chi connectivity index (χ4v) is 2.96. The van der Waals surface area contributed by atoms with Crippen molar-refractivity contribution in [3.8, 4) is 0 Å². The Kier molecular flexibility index (Phi) is 5.17. The largest absolute Gasteiger partial charge is 0.315 e. The molecule has 4 nitrogen and oxygen atoms in total. The summed E-state index contributed by atoms with van der Waals surface area (Å²) in [4.78, 5) is 16.2. The van der Waals surface area contributed by atoms with Gasteiger partial charge in [0.05, 0.1) is 3.57 Å². The highest BCUT2D eigenvalue weighted by Gasteiger charge is 2.14. The molecular weight excluding hydrogens is 341 g/mol. The average Bonchev–Trinajstić information content (AvgIpc) is 2.86. The van der Waals surface area contributed by atoms with Crippen molar-refractivity contribution in [2.75, 3.05) is 13.1 Å². The second kappa shape index (κ2) is 6.65. The van der Waals surface area contributed by atoms with Crippen molar-refractivity contribution in [1.29, 1.82) is 0 Å². The van der Waals surface area contributed by atoms with Crippen LogP contribution in [0.15, 0.2) is 11.0 Å². The van der Waals surface area contributed by atoms with Crippen LogP contribution in [0.3, 0.4) is 0 Å². The third-order valence-electron chi connectivity index (χ3n) is 3.62. The number of hydrogen-bond acceptors (Lipinski definition) is 3. The molecule has 0 amide bonds. The van der Waals surface area contributed by atoms with Crippen molar-refractivity contribution in [2.24, 2.45) is 5.92 Å². The van der Waals surface area contributed by atoms with Gasteiger partial charge in [-0.15, -0.1) is 0 Å². The molecule has 5 heteroatoms. The van der Waals surface area contributed by atoms with E-state index in [1.807, 2.05) is 29.5 Å². The third kappa shape index (κ3) is 3.54. The van der Waals surface area contributed by atoms with Crippen LogP contribution >= 0.6 is 22.6 Å². The van der Waals surface area contributed by atoms with Crippen molar-refractivity contribution in [3.05, 3.63) is 25.9 Å². The molecule has 1 fully saturated rings. The summed E-state index contributed by atoms with van der Waals surface area (Å²) in [5, 5.41) is 3.46. The van der Waals surface area contributed by atoms with Gasteiger partial charge in [-0.2, -0.15) is 0 Å². The Hall–Kier alpha value is -0.430. The maximum atomic E-state index is 11.9. The average molecular weight is 361 g/mol. The van der Waals surface area contributed by atoms with Gasteiger partial charge in [0.15, 0.2) is 0 Å². The van der Waals surface area contributed by atoms with Crippen molar-refractivity contribution in [3.63, 3.8) is 0 Å². The summed E-state index contributed by atoms with van der Waals surface area (Å²) >= 11 is 2.04. The zero-order valence-electron chi connectivity index (χ0n) is 10.8. The van der Waals surface area contributed by atoms with Crippen molar-refractivity contribution in [2.45, 2.75) is 39.2 Å². The summed E-state index contributed by atoms with van der Waals surface area (Å²) in [5.74, 6) is 1.64. The summed E-state index contributed by atoms with van der Waals surface area (Å²) in [6.45, 7) is 4.53. The molecule has 0 radical (unpaired) electrons. The normalized spacial score (nSPS) is 16.3. The van der Waals surface area contributed by atoms with Gasteiger partial charge in [0.25, 0.3) is 5.56 Å². The molecule has 1 N–H and O–H groups in total. The molecule has 1 aromatic rings. The topological polar surface area (TPSA) is 46.9 Å². The molecule has 0 unspecified atom stereocenters. The van der Waals surface area contributed by atoms with Crippen LogP contribution in [0.1, 0.15) is 31.5 Å². The quantitative estimate of drug-likeness (QED) is 0.644. The Morgan fingerprint density at radius 2 is 2.22 bits per heavy atom. The maximum Gasteiger partial charge on any atom is 0.266 e. The molecule has 1 heterocycles. The van der Waals surface area contributed by atoms with Crippen LogP contribution in [-0.2, 0) is 6.54 Å². The number of nitrogens with zero attached hydrogens (tertiary/aromatic N) is 2. The molecule has 0 bridgehead atoms. The van der Waals surface area contributed by atoms with Gasteiger partial charge in [-0.3, -0.25) is 9.36 Å². The number of rotatable bonds is 5. The van der Waals surface area contributed by atoms with E-state index in [9.17, 15) is 4.79 Å². The molecule has 2 rings (SSSR count). The molecular formula is C13H20IN3O. The monoisotopic (exact) mass is 361 g/mol. The highest BCUT2D eigenvalue weighted by molar-refractivity contribution is 14.1. The van der Waals surface area contributed by atoms with E-state index in [-0.39, 0.29) is 5.56 Å². The van der Waals surface area contributed by atoms with Crippen LogP contribution in [-0.4, -0.2) is 22.6 Å². The molecule has 0 aromatic carbocycles. The van der Waals surface area contributed by atoms with Crippen LogP contribution in [0, 0.1) is 16.4 Å². The minimum absolute atomic E-state index is 0.0748. The van der Waals surface area contributed by atoms with Crippen LogP contribution in [0.2, 0.25) is 0 Å². The minimum Gasteiger partial charge on any atom is -0.315 e. The van der Waals surface area contributed by atoms with Gasteiger partial charge in [-0.25, -0.2) is 4.98 Å². The molecule has 0 aliphatic heterocycles. The van der Waals surface area contributed by atoms with Crippen LogP contribution in [0.4, 0.5) is 0 Å². The van der Waals surface area contributed by atoms with Gasteiger partial charge in [0.1, 0.15) is 5.82 Å². The van der Waals surface area contributed by atoms with Gasteiger partial charge >= 0.3 is 0 Å². The van der Waals surface area contributed by atoms with Crippen LogP contribution in [0.5, 0.6) is 0 Å². The maximum absolute atomic E-state index is 11.9. The summed E-state index contributed by atoms with van der Waals surface area (Å²) < 4.78 is 2.44. The van der Waals surface area contributed by atoms with E-state index < -0.39 is 0 Å². The number of aromatic nitrogens is 2. The second-order valence-electron chi connectivity index (χ2n) is 4.96. The molecule has 0 atom stereocenters. The van der Waals surface area contributed by atoms with Gasteiger partial charge in [0, 0.05) is 19.3 Å². The first-order chi connectivity index (χ1) is 8.68. The van der Waals surface area contributed by atoms with E-state index >= 15 is 0 Å². The summed E-state index contributed by atoms with van der Waals surface area (Å²) in [7, 11) is 0. The van der Waals surface area contributed by atoms with E-state index in [1.54, 1.807) is 10.8 Å². The van der Waals surface area contributed by atoms with Crippen molar-refractivity contribution >= 4 is 22.6 Å². The zero-order valence-corrected chi connectivity index (χ0v) is 12.9. The third-order valence-corrected chi connectivity index (χ3v) is 4.36. The van der Waals surface area contributed by atoms with Gasteiger partial charge in [0.2, 0.25) is 0 Å². The first-order valence-electron chi connectivity index (χ1n) is 6.61. The standard InChI is InChI=1S/C13H20IN3O/c1-10-16-9-12(14)13(18)17(10)7-6-15-8-11-4-2-3-5-11/h9,11,15H,2-8H2,1H3. The summed E-state index contributed by atoms with van der Waals surface area (Å²) in [6, 6.07) is 0. The Bertz CT molecular complexity index is 452. The molecule has 1 aromatic heterocycles. The van der Waals surface area contributed by atoms with Gasteiger partial charge < -0.3 is 5.32 Å². The van der Waals surface area contributed by atoms with E-state index in [2.05, 4.69) is 10.3 Å². The zero-order chi connectivity index (χ0) is 13.0. The molecule has 1 saturated carbocycles. The SMILES string of the molecule is Cc1ncc(I)c(=O)n1CCNCC1CCCC1. The Balaban J connectivity index is 1.82. The second-order valence-corrected chi connectivity index (χ2v) is 6.13. The van der Waals surface area contributed by atoms with Gasteiger partial charge in [-0.05, 0) is 54.8 Å². The lowest BCUT2D eigenvalue weighted by atomic mass is 10.1. The fraction of sp³-hybridized carbons (Fsp3) is 0.692. The summed E-state index contributed by atoms with van der Waals surface area (Å²) in [5.41, 5.74) is 0.0748. The van der Waals surface area contributed by atoms with E-state index in [0.29, 0.717) is 10.1 Å². The predicted octanol–water partition coefficient (Wildman–Crippen LogP) is 1.94. The van der Waals surface area contributed by atoms with Crippen molar-refractivity contribution < 1.29 is 0 Å². The number of nitrogens with one attached hydrogen (secondary N) is 1. The first-order valence-corrected chi connectivity index (χ1v) is 7.69. The summed E-state index contributed by atoms with van der Waals surface area (Å²) in [6.07, 6.45) is 7.12. The molecule has 18 heavy (non-hydrogen) atoms. The molecule has 0 spiro atoms. The Labute approximate surface area is 121 Å². The highest BCUT2D eigenvalue weighted by Crippen LogP contribution is 2.23. The minimum atomic E-state index is 0.0748. The van der Waals surface area contributed by atoms with Crippen molar-refractivity contribution in [1.82, 2.24) is 14.9 Å². The molecule has 1 aliphatic rings. The number of halogens is 1. The fourth-order valence-electron chi connectivity index (χ4n) is 2.53. The molecule has 100 valence electrons. The van der Waals surface area contributed by atoms with Gasteiger partial charge in [-0.1, -0.05) is 12.8 Å². The Morgan fingerprint density at radius 3 is 2.94 bits per heavy atom. The highest BCUT2D eigenvalue weighted by atomic mass is 127. The lowest BCUT2D eigenvalue weighted by Gasteiger charge is -2.12. The van der Waals surface area contributed by atoms with E-state index in [4.69, 9.17) is 0 Å². The Morgan fingerprint density at radius 1 is 1.50 bits per heavy atom. The van der Waals surface area contributed by atoms with Crippen LogP contribution < -0.4 is 10.9 Å². The lowest BCUT2D eigenvalue weighted by molar-refractivity contribution is 0.470. The molecule has 0 saturated heterocycles. The smallest absolute Gasteiger partial charge is 0.266 e. The number of aryl methyl sites for hydroxylation is 1.